The average molecular weight is 466 g/mol. The van der Waals surface area contributed by atoms with Gasteiger partial charge in [0.05, 0.1) is 12.2 Å². The molecule has 3 aromatic rings. The topological polar surface area (TPSA) is 49.6 Å². The Morgan fingerprint density at radius 3 is 2.72 bits per heavy atom. The van der Waals surface area contributed by atoms with Crippen LogP contribution in [0.2, 0.25) is 0 Å². The molecular weight excluding hydrogens is 448 g/mol. The number of imidazole rings is 1. The number of halogens is 2. The lowest BCUT2D eigenvalue weighted by molar-refractivity contribution is -0.117. The Labute approximate surface area is 163 Å². The Morgan fingerprint density at radius 1 is 1.20 bits per heavy atom. The largest absolute Gasteiger partial charge is 0.325 e. The Morgan fingerprint density at radius 2 is 1.96 bits per heavy atom. The lowest BCUT2D eigenvalue weighted by Gasteiger charge is -2.15. The number of benzene rings is 1. The fraction of sp³-hybridized carbons (Fsp3) is 0.222. The summed E-state index contributed by atoms with van der Waals surface area (Å²) in [6, 6.07) is 9.72. The van der Waals surface area contributed by atoms with Crippen LogP contribution in [-0.4, -0.2) is 33.8 Å². The van der Waals surface area contributed by atoms with Crippen molar-refractivity contribution in [1.29, 1.82) is 0 Å². The number of hydrogen-bond donors (Lipinski definition) is 1. The van der Waals surface area contributed by atoms with E-state index in [2.05, 4.69) is 42.2 Å². The number of aryl methyl sites for hydroxylation is 1. The van der Waals surface area contributed by atoms with Crippen molar-refractivity contribution in [2.24, 2.45) is 0 Å². The van der Waals surface area contributed by atoms with Gasteiger partial charge in [0, 0.05) is 33.6 Å². The van der Waals surface area contributed by atoms with Crippen molar-refractivity contribution < 1.29 is 4.79 Å². The van der Waals surface area contributed by atoms with Crippen molar-refractivity contribution >= 4 is 49.1 Å². The van der Waals surface area contributed by atoms with Crippen LogP contribution in [0.15, 0.2) is 51.7 Å². The molecule has 2 heterocycles. The number of fused-ring (bicyclic) bond motifs is 1. The molecule has 0 aliphatic carbocycles. The summed E-state index contributed by atoms with van der Waals surface area (Å²) in [6.45, 7) is 2.87. The van der Waals surface area contributed by atoms with Crippen LogP contribution < -0.4 is 5.32 Å². The molecule has 0 aliphatic heterocycles. The number of nitrogens with one attached hydrogen (secondary N) is 1. The highest BCUT2D eigenvalue weighted by molar-refractivity contribution is 9.10. The first kappa shape index (κ1) is 18.1. The number of pyridine rings is 1. The van der Waals surface area contributed by atoms with E-state index in [0.717, 1.165) is 31.5 Å². The Kier molecular flexibility index (Phi) is 5.56. The van der Waals surface area contributed by atoms with Gasteiger partial charge in [0.25, 0.3) is 0 Å². The predicted molar refractivity (Wildman–Crippen MR) is 107 cm³/mol. The van der Waals surface area contributed by atoms with Crippen molar-refractivity contribution in [1.82, 2.24) is 14.3 Å². The maximum atomic E-state index is 12.3. The number of rotatable bonds is 5. The minimum Gasteiger partial charge on any atom is -0.325 e. The molecule has 0 spiro atoms. The third kappa shape index (κ3) is 4.68. The summed E-state index contributed by atoms with van der Waals surface area (Å²) in [5.74, 6) is -0.0422. The van der Waals surface area contributed by atoms with Crippen molar-refractivity contribution in [3.8, 4) is 0 Å². The van der Waals surface area contributed by atoms with E-state index in [4.69, 9.17) is 0 Å². The third-order valence-electron chi connectivity index (χ3n) is 3.77. The molecule has 2 aromatic heterocycles. The van der Waals surface area contributed by atoms with Gasteiger partial charge < -0.3 is 9.72 Å². The molecule has 0 radical (unpaired) electrons. The van der Waals surface area contributed by atoms with Gasteiger partial charge in [-0.2, -0.15) is 0 Å². The van der Waals surface area contributed by atoms with Crippen LogP contribution in [0, 0.1) is 6.92 Å². The number of nitrogens with zero attached hydrogens (tertiary/aromatic N) is 3. The number of anilines is 1. The third-order valence-corrected chi connectivity index (χ3v) is 4.74. The lowest BCUT2D eigenvalue weighted by Crippen LogP contribution is -2.30. The van der Waals surface area contributed by atoms with Gasteiger partial charge in [-0.05, 0) is 65.8 Å². The zero-order chi connectivity index (χ0) is 18.0. The van der Waals surface area contributed by atoms with Crippen LogP contribution in [0.4, 0.5) is 5.69 Å². The average Bonchev–Trinajstić information content (AvgIpc) is 2.91. The first-order valence-corrected chi connectivity index (χ1v) is 9.37. The summed E-state index contributed by atoms with van der Waals surface area (Å²) in [5.41, 5.74) is 3.67. The summed E-state index contributed by atoms with van der Waals surface area (Å²) in [6.07, 6.45) is 3.95. The van der Waals surface area contributed by atoms with Crippen molar-refractivity contribution in [2.75, 3.05) is 18.9 Å². The summed E-state index contributed by atoms with van der Waals surface area (Å²) >= 11 is 6.88. The van der Waals surface area contributed by atoms with Crippen LogP contribution >= 0.6 is 31.9 Å². The number of hydrogen-bond acceptors (Lipinski definition) is 3. The summed E-state index contributed by atoms with van der Waals surface area (Å²) in [7, 11) is 1.91. The lowest BCUT2D eigenvalue weighted by atomic mass is 10.2. The molecule has 0 saturated carbocycles. The SMILES string of the molecule is Cc1cc(Br)ccc1NC(=O)CN(C)Cc1cn2cc(Br)ccc2n1. The van der Waals surface area contributed by atoms with Crippen molar-refractivity contribution in [3.05, 3.63) is 62.9 Å². The second-order valence-electron chi connectivity index (χ2n) is 6.02. The van der Waals surface area contributed by atoms with Gasteiger partial charge in [0.2, 0.25) is 5.91 Å². The predicted octanol–water partition coefficient (Wildman–Crippen LogP) is 4.24. The van der Waals surface area contributed by atoms with E-state index >= 15 is 0 Å². The van der Waals surface area contributed by atoms with Crippen molar-refractivity contribution in [3.63, 3.8) is 0 Å². The number of likely N-dealkylation sites (N-methyl/N-ethyl adjacent to an activating group) is 1. The molecule has 0 unspecified atom stereocenters. The van der Waals surface area contributed by atoms with Crippen LogP contribution in [-0.2, 0) is 11.3 Å². The maximum absolute atomic E-state index is 12.3. The standard InChI is InChI=1S/C18H18Br2N4O/c1-12-7-13(19)3-5-16(12)22-18(25)11-23(2)9-15-10-24-8-14(20)4-6-17(24)21-15/h3-8,10H,9,11H2,1-2H3,(H,22,25). The molecule has 7 heteroatoms. The minimum absolute atomic E-state index is 0.0422. The molecule has 0 bridgehead atoms. The van der Waals surface area contributed by atoms with E-state index in [0.29, 0.717) is 13.1 Å². The number of carbonyl (C=O) groups excluding carboxylic acids is 1. The van der Waals surface area contributed by atoms with E-state index in [1.54, 1.807) is 0 Å². The molecule has 0 saturated heterocycles. The molecule has 5 nitrogen and oxygen atoms in total. The van der Waals surface area contributed by atoms with E-state index < -0.39 is 0 Å². The number of aromatic nitrogens is 2. The second-order valence-corrected chi connectivity index (χ2v) is 7.86. The fourth-order valence-electron chi connectivity index (χ4n) is 2.63. The smallest absolute Gasteiger partial charge is 0.238 e. The summed E-state index contributed by atoms with van der Waals surface area (Å²) < 4.78 is 3.97. The highest BCUT2D eigenvalue weighted by Crippen LogP contribution is 2.20. The Balaban J connectivity index is 1.60. The van der Waals surface area contributed by atoms with Gasteiger partial charge in [-0.1, -0.05) is 15.9 Å². The molecule has 1 N–H and O–H groups in total. The first-order valence-electron chi connectivity index (χ1n) is 7.78. The molecule has 130 valence electrons. The van der Waals surface area contributed by atoms with Crippen LogP contribution in [0.1, 0.15) is 11.3 Å². The normalized spacial score (nSPS) is 11.2. The fourth-order valence-corrected chi connectivity index (χ4v) is 3.46. The van der Waals surface area contributed by atoms with Gasteiger partial charge in [-0.15, -0.1) is 0 Å². The number of amides is 1. The Hall–Kier alpha value is -1.70. The van der Waals surface area contributed by atoms with Gasteiger partial charge in [-0.25, -0.2) is 4.98 Å². The highest BCUT2D eigenvalue weighted by Gasteiger charge is 2.11. The highest BCUT2D eigenvalue weighted by atomic mass is 79.9. The quantitative estimate of drug-likeness (QED) is 0.613. The molecule has 0 fully saturated rings. The molecule has 0 aliphatic rings. The van der Waals surface area contributed by atoms with E-state index in [1.807, 2.05) is 66.0 Å². The van der Waals surface area contributed by atoms with Gasteiger partial charge in [-0.3, -0.25) is 9.69 Å². The zero-order valence-electron chi connectivity index (χ0n) is 14.0. The van der Waals surface area contributed by atoms with Gasteiger partial charge in [0.1, 0.15) is 5.65 Å². The molecule has 3 rings (SSSR count). The first-order chi connectivity index (χ1) is 11.9. The minimum atomic E-state index is -0.0422. The molecule has 1 amide bonds. The molecule has 0 atom stereocenters. The Bertz CT molecular complexity index is 923. The van der Waals surface area contributed by atoms with Gasteiger partial charge >= 0.3 is 0 Å². The van der Waals surface area contributed by atoms with E-state index in [1.165, 1.54) is 0 Å². The van der Waals surface area contributed by atoms with E-state index in [9.17, 15) is 4.79 Å². The molecule has 25 heavy (non-hydrogen) atoms. The monoisotopic (exact) mass is 464 g/mol. The molecule has 1 aromatic carbocycles. The van der Waals surface area contributed by atoms with E-state index in [-0.39, 0.29) is 5.91 Å². The summed E-state index contributed by atoms with van der Waals surface area (Å²) in [4.78, 5) is 18.8. The van der Waals surface area contributed by atoms with Crippen LogP contribution in [0.25, 0.3) is 5.65 Å². The zero-order valence-corrected chi connectivity index (χ0v) is 17.1. The number of carbonyl (C=O) groups is 1. The maximum Gasteiger partial charge on any atom is 0.238 e. The molecular formula is C18H18Br2N4O. The van der Waals surface area contributed by atoms with Crippen molar-refractivity contribution in [2.45, 2.75) is 13.5 Å². The van der Waals surface area contributed by atoms with Crippen LogP contribution in [0.5, 0.6) is 0 Å². The summed E-state index contributed by atoms with van der Waals surface area (Å²) in [5, 5.41) is 2.95. The second kappa shape index (κ2) is 7.68. The van der Waals surface area contributed by atoms with Crippen LogP contribution in [0.3, 0.4) is 0 Å². The van der Waals surface area contributed by atoms with Gasteiger partial charge in [0.15, 0.2) is 0 Å².